The van der Waals surface area contributed by atoms with Gasteiger partial charge in [-0.15, -0.1) is 0 Å². The maximum atomic E-state index is 11.8. The van der Waals surface area contributed by atoms with Gasteiger partial charge in [0, 0.05) is 72.9 Å². The minimum absolute atomic E-state index is 0.503. The number of likely N-dealkylation sites (N-methyl/N-ethyl adjacent to an activating group) is 1. The number of piperazine rings is 1. The van der Waals surface area contributed by atoms with Crippen LogP contribution in [0, 0.1) is 0 Å². The Morgan fingerprint density at radius 3 is 2.47 bits per heavy atom. The summed E-state index contributed by atoms with van der Waals surface area (Å²) in [5.74, 6) is 1.15. The lowest BCUT2D eigenvalue weighted by Crippen LogP contribution is -2.50. The van der Waals surface area contributed by atoms with Crippen LogP contribution in [0.15, 0.2) is 54.5 Å². The number of amides is 1. The summed E-state index contributed by atoms with van der Waals surface area (Å²) in [5.41, 5.74) is 2.84. The Morgan fingerprint density at radius 1 is 1.06 bits per heavy atom. The number of anilines is 2. The summed E-state index contributed by atoms with van der Waals surface area (Å²) in [7, 11) is 2.20. The van der Waals surface area contributed by atoms with Crippen LogP contribution in [0.3, 0.4) is 0 Å². The molecule has 0 aromatic heterocycles. The van der Waals surface area contributed by atoms with Gasteiger partial charge in [-0.3, -0.25) is 4.79 Å². The van der Waals surface area contributed by atoms with Gasteiger partial charge in [0.1, 0.15) is 5.82 Å². The Morgan fingerprint density at radius 2 is 1.81 bits per heavy atom. The topological polar surface area (TPSA) is 42.1 Å². The Balaban J connectivity index is 1.44. The van der Waals surface area contributed by atoms with E-state index < -0.39 is 0 Å². The molecule has 2 aliphatic heterocycles. The number of likely N-dealkylation sites (tertiary alicyclic amines) is 1. The van der Waals surface area contributed by atoms with Crippen LogP contribution in [-0.2, 0) is 11.2 Å². The molecule has 2 aliphatic rings. The number of nitrogens with zero attached hydrogens (tertiary/aromatic N) is 4. The molecule has 1 N–H and O–H groups in total. The number of benzene rings is 2. The van der Waals surface area contributed by atoms with E-state index in [0.717, 1.165) is 61.9 Å². The van der Waals surface area contributed by atoms with Crippen LogP contribution in [0.1, 0.15) is 31.7 Å². The van der Waals surface area contributed by atoms with Crippen molar-refractivity contribution in [3.8, 4) is 0 Å². The number of piperidine rings is 1. The van der Waals surface area contributed by atoms with Gasteiger partial charge in [-0.25, -0.2) is 0 Å². The van der Waals surface area contributed by atoms with E-state index in [2.05, 4.69) is 40.2 Å². The maximum Gasteiger partial charge on any atom is 0.214 e. The first-order valence-electron chi connectivity index (χ1n) is 12.9. The number of rotatable bonds is 9. The Bertz CT molecular complexity index is 1040. The summed E-state index contributed by atoms with van der Waals surface area (Å²) < 4.78 is 0. The molecule has 0 bridgehead atoms. The van der Waals surface area contributed by atoms with Gasteiger partial charge in [-0.05, 0) is 81.6 Å². The first-order chi connectivity index (χ1) is 17.4. The summed E-state index contributed by atoms with van der Waals surface area (Å²) in [5, 5.41) is 4.91. The summed E-state index contributed by atoms with van der Waals surface area (Å²) in [6.45, 7) is 8.08. The smallest absolute Gasteiger partial charge is 0.214 e. The van der Waals surface area contributed by atoms with Crippen molar-refractivity contribution in [3.05, 3.63) is 70.1 Å². The van der Waals surface area contributed by atoms with Crippen molar-refractivity contribution in [1.29, 1.82) is 0 Å². The minimum atomic E-state index is 0.503. The molecule has 2 saturated heterocycles. The predicted octanol–water partition coefficient (Wildman–Crippen LogP) is 5.53. The van der Waals surface area contributed by atoms with E-state index in [0.29, 0.717) is 29.1 Å². The summed E-state index contributed by atoms with van der Waals surface area (Å²) in [6.07, 6.45) is 7.65. The zero-order valence-electron chi connectivity index (χ0n) is 21.3. The Hall–Kier alpha value is -2.41. The van der Waals surface area contributed by atoms with Gasteiger partial charge >= 0.3 is 0 Å². The van der Waals surface area contributed by atoms with Crippen LogP contribution < -0.4 is 10.2 Å². The average molecular weight is 531 g/mol. The van der Waals surface area contributed by atoms with Crippen molar-refractivity contribution in [2.24, 2.45) is 0 Å². The van der Waals surface area contributed by atoms with Gasteiger partial charge in [0.2, 0.25) is 6.41 Å². The van der Waals surface area contributed by atoms with E-state index >= 15 is 0 Å². The minimum Gasteiger partial charge on any atom is -0.374 e. The Labute approximate surface area is 225 Å². The third-order valence-electron chi connectivity index (χ3n) is 7.23. The van der Waals surface area contributed by atoms with Gasteiger partial charge in [0.15, 0.2) is 0 Å². The van der Waals surface area contributed by atoms with Crippen LogP contribution >= 0.6 is 23.2 Å². The van der Waals surface area contributed by atoms with Crippen LogP contribution in [-0.4, -0.2) is 73.5 Å². The molecule has 4 rings (SSSR count). The summed E-state index contributed by atoms with van der Waals surface area (Å²) >= 11 is 12.3. The molecule has 2 fully saturated rings. The molecule has 0 radical (unpaired) electrons. The number of hydrogen-bond donors (Lipinski definition) is 1. The number of carbonyl (C=O) groups is 1. The van der Waals surface area contributed by atoms with Crippen molar-refractivity contribution in [1.82, 2.24) is 14.7 Å². The lowest BCUT2D eigenvalue weighted by Gasteiger charge is -2.41. The number of nitrogens with one attached hydrogen (secondary N) is 1. The van der Waals surface area contributed by atoms with Crippen molar-refractivity contribution >= 4 is 41.0 Å². The van der Waals surface area contributed by atoms with Crippen LogP contribution in [0.5, 0.6) is 0 Å². The lowest BCUT2D eigenvalue weighted by molar-refractivity contribution is -0.107. The van der Waals surface area contributed by atoms with E-state index in [4.69, 9.17) is 23.2 Å². The molecule has 2 heterocycles. The molecule has 0 spiro atoms. The highest BCUT2D eigenvalue weighted by Gasteiger charge is 2.23. The maximum absolute atomic E-state index is 11.8. The molecule has 36 heavy (non-hydrogen) atoms. The molecule has 0 saturated carbocycles. The number of hydrogen-bond acceptors (Lipinski definition) is 5. The normalized spacial score (nSPS) is 19.3. The number of halogens is 2. The van der Waals surface area contributed by atoms with Gasteiger partial charge in [-0.1, -0.05) is 29.3 Å². The molecule has 6 nitrogen and oxygen atoms in total. The highest BCUT2D eigenvalue weighted by molar-refractivity contribution is 6.35. The fraction of sp³-hybridized carbons (Fsp3) is 0.464. The summed E-state index contributed by atoms with van der Waals surface area (Å²) in [4.78, 5) is 20.9. The van der Waals surface area contributed by atoms with E-state index in [1.165, 1.54) is 19.3 Å². The van der Waals surface area contributed by atoms with Gasteiger partial charge in [0.05, 0.1) is 0 Å². The Kier molecular flexibility index (Phi) is 9.41. The third-order valence-corrected chi connectivity index (χ3v) is 7.82. The van der Waals surface area contributed by atoms with Gasteiger partial charge in [0.25, 0.3) is 0 Å². The summed E-state index contributed by atoms with van der Waals surface area (Å²) in [6, 6.07) is 14.1. The molecule has 0 unspecified atom stereocenters. The van der Waals surface area contributed by atoms with Crippen LogP contribution in [0.4, 0.5) is 11.4 Å². The molecule has 1 atom stereocenters. The molecule has 8 heteroatoms. The van der Waals surface area contributed by atoms with Crippen LogP contribution in [0.25, 0.3) is 0 Å². The zero-order chi connectivity index (χ0) is 25.5. The SMILES string of the molecule is C[C@H]1CN(/C(=C\N2CCCCC2)Nc2ccc(N(C=O)CCc3ccc(Cl)cc3Cl)cc2)CCN1C. The molecule has 2 aromatic carbocycles. The average Bonchev–Trinajstić information content (AvgIpc) is 2.88. The second-order valence-electron chi connectivity index (χ2n) is 9.84. The second kappa shape index (κ2) is 12.7. The van der Waals surface area contributed by atoms with Gasteiger partial charge in [-0.2, -0.15) is 0 Å². The molecular formula is C28H37Cl2N5O. The first kappa shape index (κ1) is 26.6. The van der Waals surface area contributed by atoms with Crippen molar-refractivity contribution in [2.45, 2.75) is 38.6 Å². The fourth-order valence-electron chi connectivity index (χ4n) is 4.77. The zero-order valence-corrected chi connectivity index (χ0v) is 22.8. The monoisotopic (exact) mass is 529 g/mol. The third kappa shape index (κ3) is 7.09. The largest absolute Gasteiger partial charge is 0.374 e. The fourth-order valence-corrected chi connectivity index (χ4v) is 5.28. The number of carbonyl (C=O) groups excluding carboxylic acids is 1. The predicted molar refractivity (Wildman–Crippen MR) is 151 cm³/mol. The molecular weight excluding hydrogens is 493 g/mol. The van der Waals surface area contributed by atoms with E-state index in [9.17, 15) is 4.79 Å². The quantitative estimate of drug-likeness (QED) is 0.432. The van der Waals surface area contributed by atoms with Crippen molar-refractivity contribution < 1.29 is 4.79 Å². The molecule has 0 aliphatic carbocycles. The lowest BCUT2D eigenvalue weighted by atomic mass is 10.1. The van der Waals surface area contributed by atoms with E-state index in [1.807, 2.05) is 36.4 Å². The van der Waals surface area contributed by atoms with Crippen molar-refractivity contribution in [2.75, 3.05) is 56.5 Å². The van der Waals surface area contributed by atoms with Crippen LogP contribution in [0.2, 0.25) is 10.0 Å². The molecule has 2 aromatic rings. The van der Waals surface area contributed by atoms with Gasteiger partial charge < -0.3 is 24.9 Å². The molecule has 194 valence electrons. The standard InChI is InChI=1S/C28H37Cl2N5O/c1-22-19-34(17-16-32(22)2)28(20-33-13-4-3-5-14-33)31-25-8-10-26(11-9-25)35(21-36)15-12-23-6-7-24(29)18-27(23)30/h6-11,18,20-22,31H,3-5,12-17,19H2,1-2H3/b28-20-/t22-/m0/s1. The second-order valence-corrected chi connectivity index (χ2v) is 10.7. The molecule has 1 amide bonds. The highest BCUT2D eigenvalue weighted by atomic mass is 35.5. The van der Waals surface area contributed by atoms with E-state index in [-0.39, 0.29) is 0 Å². The van der Waals surface area contributed by atoms with E-state index in [1.54, 1.807) is 11.0 Å². The highest BCUT2D eigenvalue weighted by Crippen LogP contribution is 2.24. The van der Waals surface area contributed by atoms with Crippen molar-refractivity contribution in [3.63, 3.8) is 0 Å². The first-order valence-corrected chi connectivity index (χ1v) is 13.6.